The third-order valence-corrected chi connectivity index (χ3v) is 10.4. The molecule has 10 heteroatoms. The highest BCUT2D eigenvalue weighted by Gasteiger charge is 2.65. The van der Waals surface area contributed by atoms with Gasteiger partial charge in [0.1, 0.15) is 23.1 Å². The second-order valence-electron chi connectivity index (χ2n) is 15.2. The minimum Gasteiger partial charge on any atom is -0.508 e. The first-order valence-electron chi connectivity index (χ1n) is 18.8. The monoisotopic (exact) mass is 713 g/mol. The van der Waals surface area contributed by atoms with E-state index in [4.69, 9.17) is 19.5 Å². The van der Waals surface area contributed by atoms with Gasteiger partial charge in [0.2, 0.25) is 5.79 Å². The molecule has 2 aromatic carbocycles. The summed E-state index contributed by atoms with van der Waals surface area (Å²) < 4.78 is 14.1. The second-order valence-corrected chi connectivity index (χ2v) is 15.2. The quantitative estimate of drug-likeness (QED) is 0.0938. The predicted octanol–water partition coefficient (Wildman–Crippen LogP) is 7.25. The number of amides is 1. The number of hydrogen-bond acceptors (Lipinski definition) is 9. The van der Waals surface area contributed by atoms with E-state index in [0.29, 0.717) is 42.7 Å². The van der Waals surface area contributed by atoms with Gasteiger partial charge in [0.15, 0.2) is 0 Å². The van der Waals surface area contributed by atoms with Crippen LogP contribution >= 0.6 is 0 Å². The van der Waals surface area contributed by atoms with Gasteiger partial charge < -0.3 is 34.5 Å². The average molecular weight is 714 g/mol. The number of oxime groups is 1. The van der Waals surface area contributed by atoms with E-state index >= 15 is 0 Å². The Hall–Kier alpha value is -4.17. The van der Waals surface area contributed by atoms with Crippen molar-refractivity contribution in [3.63, 3.8) is 0 Å². The lowest BCUT2D eigenvalue weighted by atomic mass is 9.55. The number of benzene rings is 2. The summed E-state index contributed by atoms with van der Waals surface area (Å²) in [6.07, 6.45) is 9.57. The molecule has 1 heterocycles. The van der Waals surface area contributed by atoms with E-state index in [-0.39, 0.29) is 55.7 Å². The largest absolute Gasteiger partial charge is 0.508 e. The Bertz CT molecular complexity index is 1660. The molecule has 6 atom stereocenters. The van der Waals surface area contributed by atoms with Crippen LogP contribution in [0.1, 0.15) is 106 Å². The fourth-order valence-electron chi connectivity index (χ4n) is 8.34. The molecule has 0 radical (unpaired) electrons. The summed E-state index contributed by atoms with van der Waals surface area (Å²) >= 11 is 0. The van der Waals surface area contributed by atoms with Crippen molar-refractivity contribution in [2.45, 2.75) is 102 Å². The van der Waals surface area contributed by atoms with Gasteiger partial charge >= 0.3 is 0 Å². The summed E-state index contributed by atoms with van der Waals surface area (Å²) in [4.78, 5) is 22.7. The average Bonchev–Trinajstić information content (AvgIpc) is 3.13. The summed E-state index contributed by atoms with van der Waals surface area (Å²) in [5.74, 6) is -1.39. The maximum absolute atomic E-state index is 14.7. The van der Waals surface area contributed by atoms with Crippen LogP contribution in [-0.4, -0.2) is 75.6 Å². The van der Waals surface area contributed by atoms with Gasteiger partial charge in [-0.2, -0.15) is 5.26 Å². The van der Waals surface area contributed by atoms with Gasteiger partial charge in [-0.3, -0.25) is 4.79 Å². The first-order chi connectivity index (χ1) is 25.0. The van der Waals surface area contributed by atoms with Crippen molar-refractivity contribution in [2.75, 3.05) is 26.4 Å². The molecule has 1 amide bonds. The Morgan fingerprint density at radius 2 is 1.83 bits per heavy atom. The third-order valence-electron chi connectivity index (χ3n) is 10.4. The highest BCUT2D eigenvalue weighted by Crippen LogP contribution is 2.62. The topological polar surface area (TPSA) is 145 Å². The summed E-state index contributed by atoms with van der Waals surface area (Å²) in [7, 11) is 0. The number of carbonyl (C=O) groups excluding carboxylic acids is 1. The van der Waals surface area contributed by atoms with E-state index in [1.807, 2.05) is 32.6 Å². The van der Waals surface area contributed by atoms with Crippen LogP contribution in [0.25, 0.3) is 0 Å². The lowest BCUT2D eigenvalue weighted by molar-refractivity contribution is -0.254. The van der Waals surface area contributed by atoms with Crippen molar-refractivity contribution in [1.29, 1.82) is 5.26 Å². The molecule has 0 spiro atoms. The van der Waals surface area contributed by atoms with Gasteiger partial charge in [-0.1, -0.05) is 37.1 Å². The van der Waals surface area contributed by atoms with Gasteiger partial charge in [0.25, 0.3) is 5.91 Å². The first kappa shape index (κ1) is 39.0. The van der Waals surface area contributed by atoms with Crippen LogP contribution in [0.15, 0.2) is 71.9 Å². The number of nitriles is 1. The predicted molar refractivity (Wildman–Crippen MR) is 200 cm³/mol. The van der Waals surface area contributed by atoms with E-state index in [2.05, 4.69) is 18.7 Å². The second kappa shape index (κ2) is 17.1. The molecule has 1 fully saturated rings. The smallest absolute Gasteiger partial charge is 0.254 e. The number of nitrogens with zero attached hydrogens (tertiary/aromatic N) is 3. The van der Waals surface area contributed by atoms with Crippen molar-refractivity contribution < 1.29 is 34.4 Å². The number of fused-ring (bicyclic) bond motifs is 2. The zero-order chi connectivity index (χ0) is 37.5. The summed E-state index contributed by atoms with van der Waals surface area (Å²) in [5.41, 5.74) is 2.86. The highest BCUT2D eigenvalue weighted by atomic mass is 16.7. The lowest BCUT2D eigenvalue weighted by Gasteiger charge is -2.60. The van der Waals surface area contributed by atoms with Crippen LogP contribution in [-0.2, 0) is 9.57 Å². The van der Waals surface area contributed by atoms with Crippen molar-refractivity contribution >= 4 is 11.6 Å². The number of aliphatic hydroxyl groups excluding tert-OH is 2. The number of aromatic hydroxyl groups is 1. The van der Waals surface area contributed by atoms with E-state index in [1.165, 1.54) is 0 Å². The van der Waals surface area contributed by atoms with Gasteiger partial charge in [-0.15, -0.1) is 6.58 Å². The van der Waals surface area contributed by atoms with Gasteiger partial charge in [0.05, 0.1) is 29.9 Å². The molecule has 2 aliphatic carbocycles. The fraction of sp³-hybridized carbons (Fsp3) is 0.548. The van der Waals surface area contributed by atoms with Crippen LogP contribution in [0, 0.1) is 29.1 Å². The normalized spacial score (nSPS) is 25.6. The number of ether oxygens (including phenoxy) is 2. The van der Waals surface area contributed by atoms with E-state index < -0.39 is 23.3 Å². The van der Waals surface area contributed by atoms with Gasteiger partial charge in [-0.05, 0) is 113 Å². The molecule has 10 nitrogen and oxygen atoms in total. The molecular weight excluding hydrogens is 658 g/mol. The number of phenolic OH excluding ortho intramolecular Hbond substituents is 1. The summed E-state index contributed by atoms with van der Waals surface area (Å²) in [6.45, 7) is 12.6. The molecule has 0 saturated heterocycles. The van der Waals surface area contributed by atoms with Crippen molar-refractivity contribution in [3.8, 4) is 17.6 Å². The molecular formula is C42H55N3O7. The van der Waals surface area contributed by atoms with Crippen molar-refractivity contribution in [2.24, 2.45) is 22.9 Å². The van der Waals surface area contributed by atoms with E-state index in [1.54, 1.807) is 48.5 Å². The zero-order valence-electron chi connectivity index (χ0n) is 31.1. The Morgan fingerprint density at radius 1 is 1.12 bits per heavy atom. The van der Waals surface area contributed by atoms with Crippen LogP contribution in [0.4, 0.5) is 0 Å². The molecule has 3 aliphatic rings. The maximum atomic E-state index is 14.7. The Morgan fingerprint density at radius 3 is 2.46 bits per heavy atom. The van der Waals surface area contributed by atoms with Gasteiger partial charge in [-0.25, -0.2) is 0 Å². The summed E-state index contributed by atoms with van der Waals surface area (Å²) in [5, 5.41) is 44.7. The van der Waals surface area contributed by atoms with Crippen LogP contribution in [0.5, 0.6) is 11.5 Å². The van der Waals surface area contributed by atoms with Gasteiger partial charge in [0, 0.05) is 43.2 Å². The lowest BCUT2D eigenvalue weighted by Crippen LogP contribution is -2.70. The third kappa shape index (κ3) is 8.22. The minimum absolute atomic E-state index is 0.0625. The minimum atomic E-state index is -1.38. The Balaban J connectivity index is 1.79. The van der Waals surface area contributed by atoms with Crippen molar-refractivity contribution in [3.05, 3.63) is 83.5 Å². The molecule has 0 bridgehead atoms. The molecule has 0 aromatic heterocycles. The van der Waals surface area contributed by atoms with E-state index in [0.717, 1.165) is 42.5 Å². The number of rotatable bonds is 16. The Labute approximate surface area is 308 Å². The van der Waals surface area contributed by atoms with E-state index in [9.17, 15) is 25.4 Å². The number of aliphatic hydroxyl groups is 2. The molecule has 1 saturated carbocycles. The standard InChI is InChI=1S/C42H55N3O7/c1-6-20-45(40(49)29-16-14-28(27-43)15-17-29)37-26-35(44-52-41(3,4)5)33-24-30(12-8-10-21-46)32(13-9-11-22-47)38-34-25-31(48)18-19-36(34)51-42(37,39(33)38)50-23-7-2/h7,14-19,24-25,30,32,37-39,46-48H,2,6,8-13,20-23,26H2,1,3-5H3. The SMILES string of the molecule is C=CCOC12Oc3ccc(O)cc3C3C(CCCCO)C(CCCCO)C=C(C(=NOC(C)(C)C)CC1N(CCC)C(=O)c1ccc(C#N)cc1)C32. The number of carbonyl (C=O) groups is 1. The first-order valence-corrected chi connectivity index (χ1v) is 18.8. The fourth-order valence-corrected chi connectivity index (χ4v) is 8.34. The number of allylic oxidation sites excluding steroid dienone is 1. The molecule has 3 N–H and O–H groups in total. The van der Waals surface area contributed by atoms with Crippen LogP contribution in [0.2, 0.25) is 0 Å². The molecule has 52 heavy (non-hydrogen) atoms. The molecule has 280 valence electrons. The molecule has 5 rings (SSSR count). The van der Waals surface area contributed by atoms with Crippen LogP contribution in [0.3, 0.4) is 0 Å². The molecule has 6 unspecified atom stereocenters. The van der Waals surface area contributed by atoms with Crippen molar-refractivity contribution in [1.82, 2.24) is 4.90 Å². The number of phenols is 1. The zero-order valence-corrected chi connectivity index (χ0v) is 31.1. The maximum Gasteiger partial charge on any atom is 0.254 e. The van der Waals surface area contributed by atoms with Crippen LogP contribution < -0.4 is 4.74 Å². The summed E-state index contributed by atoms with van der Waals surface area (Å²) in [6, 6.07) is 13.3. The Kier molecular flexibility index (Phi) is 12.8. The molecule has 2 aromatic rings. The highest BCUT2D eigenvalue weighted by molar-refractivity contribution is 6.03. The number of hydrogen-bond donors (Lipinski definition) is 3. The molecule has 1 aliphatic heterocycles. The number of unbranched alkanes of at least 4 members (excludes halogenated alkanes) is 2.